The van der Waals surface area contributed by atoms with Crippen molar-refractivity contribution in [3.05, 3.63) is 60.2 Å². The molecule has 0 radical (unpaired) electrons. The summed E-state index contributed by atoms with van der Waals surface area (Å²) in [5.74, 6) is 0.174. The molecule has 0 amide bonds. The number of ketones is 1. The molecular formula is C24H31N3O4S. The third-order valence-corrected chi connectivity index (χ3v) is 7.07. The molecule has 0 saturated heterocycles. The first-order valence-electron chi connectivity index (χ1n) is 10.4. The first-order valence-corrected chi connectivity index (χ1v) is 11.9. The van der Waals surface area contributed by atoms with E-state index in [1.165, 1.54) is 23.5 Å². The molecule has 172 valence electrons. The van der Waals surface area contributed by atoms with Crippen molar-refractivity contribution in [2.45, 2.75) is 44.0 Å². The van der Waals surface area contributed by atoms with E-state index in [9.17, 15) is 13.2 Å². The van der Waals surface area contributed by atoms with Crippen LogP contribution in [0.5, 0.6) is 5.75 Å². The van der Waals surface area contributed by atoms with Crippen LogP contribution in [0.1, 0.15) is 32.3 Å². The second-order valence-corrected chi connectivity index (χ2v) is 10.5. The van der Waals surface area contributed by atoms with Crippen molar-refractivity contribution in [3.63, 3.8) is 0 Å². The number of carbonyl (C=O) groups excluding carboxylic acids is 1. The molecule has 7 nitrogen and oxygen atoms in total. The summed E-state index contributed by atoms with van der Waals surface area (Å²) >= 11 is 0. The fraction of sp³-hybridized carbons (Fsp3) is 0.417. The number of ether oxygens (including phenoxy) is 1. The van der Waals surface area contributed by atoms with Gasteiger partial charge in [-0.3, -0.25) is 4.79 Å². The summed E-state index contributed by atoms with van der Waals surface area (Å²) in [5, 5.41) is 8.94. The number of Topliss-reactive ketones (excluding diaryl/α,β-unsaturated/α-hetero) is 1. The largest absolute Gasteiger partial charge is 0.497 e. The Morgan fingerprint density at radius 3 is 2.34 bits per heavy atom. The van der Waals surface area contributed by atoms with Gasteiger partial charge in [0.1, 0.15) is 5.75 Å². The fourth-order valence-electron chi connectivity index (χ4n) is 3.35. The number of nitrogens with zero attached hydrogens (tertiary/aromatic N) is 2. The number of rotatable bonds is 12. The second-order valence-electron chi connectivity index (χ2n) is 8.53. The maximum absolute atomic E-state index is 13.4. The molecular weight excluding hydrogens is 426 g/mol. The van der Waals surface area contributed by atoms with Gasteiger partial charge in [0.15, 0.2) is 5.78 Å². The summed E-state index contributed by atoms with van der Waals surface area (Å²) in [6.45, 7) is 3.52. The maximum Gasteiger partial charge on any atom is 0.243 e. The van der Waals surface area contributed by atoms with Gasteiger partial charge in [-0.05, 0) is 48.1 Å². The van der Waals surface area contributed by atoms with Crippen LogP contribution in [-0.2, 0) is 21.2 Å². The average molecular weight is 458 g/mol. The standard InChI is InChI=1S/C24H31N3O4S/c1-24(2,14-7-15-25)18-27(32(29,30)21-12-10-20(31-3)11-13-21)17-23(28)22(26)16-19-8-5-4-6-9-19/h4-6,8-13,22H,7,14,16-18,26H2,1-3H3. The number of carbonyl (C=O) groups is 1. The third-order valence-electron chi connectivity index (χ3n) is 5.26. The number of hydrogen-bond acceptors (Lipinski definition) is 6. The Labute approximate surface area is 190 Å². The van der Waals surface area contributed by atoms with Crippen molar-refractivity contribution >= 4 is 15.8 Å². The van der Waals surface area contributed by atoms with Crippen LogP contribution in [0, 0.1) is 16.7 Å². The quantitative estimate of drug-likeness (QED) is 0.524. The molecule has 2 aromatic rings. The summed E-state index contributed by atoms with van der Waals surface area (Å²) in [4.78, 5) is 13.0. The summed E-state index contributed by atoms with van der Waals surface area (Å²) in [5.41, 5.74) is 6.54. The summed E-state index contributed by atoms with van der Waals surface area (Å²) < 4.78 is 33.1. The average Bonchev–Trinajstić information content (AvgIpc) is 2.77. The minimum absolute atomic E-state index is 0.0683. The molecule has 2 rings (SSSR count). The molecule has 2 aromatic carbocycles. The highest BCUT2D eigenvalue weighted by atomic mass is 32.2. The van der Waals surface area contributed by atoms with Gasteiger partial charge in [0.05, 0.1) is 30.7 Å². The van der Waals surface area contributed by atoms with Gasteiger partial charge in [0, 0.05) is 13.0 Å². The monoisotopic (exact) mass is 457 g/mol. The molecule has 0 aromatic heterocycles. The van der Waals surface area contributed by atoms with Gasteiger partial charge in [-0.25, -0.2) is 8.42 Å². The Hall–Kier alpha value is -2.73. The Bertz CT molecular complexity index is 1030. The van der Waals surface area contributed by atoms with E-state index in [4.69, 9.17) is 15.7 Å². The Kier molecular flexibility index (Phi) is 8.96. The van der Waals surface area contributed by atoms with Crippen LogP contribution < -0.4 is 10.5 Å². The van der Waals surface area contributed by atoms with Gasteiger partial charge in [0.2, 0.25) is 10.0 Å². The van der Waals surface area contributed by atoms with E-state index in [0.29, 0.717) is 25.0 Å². The highest BCUT2D eigenvalue weighted by Gasteiger charge is 2.33. The van der Waals surface area contributed by atoms with E-state index in [0.717, 1.165) is 5.56 Å². The van der Waals surface area contributed by atoms with Gasteiger partial charge in [-0.15, -0.1) is 0 Å². The fourth-order valence-corrected chi connectivity index (χ4v) is 4.94. The van der Waals surface area contributed by atoms with E-state index in [-0.39, 0.29) is 23.8 Å². The molecule has 2 N–H and O–H groups in total. The highest BCUT2D eigenvalue weighted by Crippen LogP contribution is 2.28. The number of nitrogens with two attached hydrogens (primary N) is 1. The molecule has 0 saturated carbocycles. The molecule has 0 bridgehead atoms. The first kappa shape index (κ1) is 25.5. The van der Waals surface area contributed by atoms with Crippen LogP contribution in [-0.4, -0.2) is 44.7 Å². The van der Waals surface area contributed by atoms with Crippen molar-refractivity contribution in [3.8, 4) is 11.8 Å². The molecule has 0 spiro atoms. The minimum Gasteiger partial charge on any atom is -0.497 e. The van der Waals surface area contributed by atoms with Crippen LogP contribution in [0.4, 0.5) is 0 Å². The Morgan fingerprint density at radius 1 is 1.16 bits per heavy atom. The van der Waals surface area contributed by atoms with Gasteiger partial charge < -0.3 is 10.5 Å². The topological polar surface area (TPSA) is 113 Å². The van der Waals surface area contributed by atoms with Crippen molar-refractivity contribution in [1.29, 1.82) is 5.26 Å². The zero-order valence-corrected chi connectivity index (χ0v) is 19.6. The number of methoxy groups -OCH3 is 1. The summed E-state index contributed by atoms with van der Waals surface area (Å²) in [6, 6.07) is 16.7. The van der Waals surface area contributed by atoms with E-state index in [2.05, 4.69) is 6.07 Å². The summed E-state index contributed by atoms with van der Waals surface area (Å²) in [7, 11) is -2.47. The van der Waals surface area contributed by atoms with Crippen LogP contribution in [0.25, 0.3) is 0 Å². The molecule has 0 aliphatic heterocycles. The lowest BCUT2D eigenvalue weighted by atomic mass is 9.88. The van der Waals surface area contributed by atoms with E-state index < -0.39 is 21.5 Å². The SMILES string of the molecule is COc1ccc(S(=O)(=O)N(CC(=O)C(N)Cc2ccccc2)CC(C)(C)CCC#N)cc1. The lowest BCUT2D eigenvalue weighted by molar-refractivity contribution is -0.120. The zero-order chi connectivity index (χ0) is 23.8. The lowest BCUT2D eigenvalue weighted by Gasteiger charge is -2.32. The van der Waals surface area contributed by atoms with Gasteiger partial charge in [-0.2, -0.15) is 9.57 Å². The van der Waals surface area contributed by atoms with Gasteiger partial charge >= 0.3 is 0 Å². The Balaban J connectivity index is 2.28. The molecule has 0 heterocycles. The number of nitriles is 1. The predicted molar refractivity (Wildman–Crippen MR) is 124 cm³/mol. The third kappa shape index (κ3) is 7.16. The van der Waals surface area contributed by atoms with E-state index in [1.54, 1.807) is 12.1 Å². The molecule has 0 aliphatic rings. The first-order chi connectivity index (χ1) is 15.1. The predicted octanol–water partition coefficient (Wildman–Crippen LogP) is 3.15. The van der Waals surface area contributed by atoms with Gasteiger partial charge in [-0.1, -0.05) is 44.2 Å². The molecule has 32 heavy (non-hydrogen) atoms. The normalized spacial score (nSPS) is 12.9. The zero-order valence-electron chi connectivity index (χ0n) is 18.8. The molecule has 1 atom stereocenters. The van der Waals surface area contributed by atoms with E-state index >= 15 is 0 Å². The van der Waals surface area contributed by atoms with Crippen molar-refractivity contribution in [1.82, 2.24) is 4.31 Å². The number of benzene rings is 2. The minimum atomic E-state index is -3.97. The second kappa shape index (κ2) is 11.2. The Morgan fingerprint density at radius 2 is 1.78 bits per heavy atom. The maximum atomic E-state index is 13.4. The van der Waals surface area contributed by atoms with Crippen molar-refractivity contribution in [2.24, 2.45) is 11.1 Å². The van der Waals surface area contributed by atoms with Gasteiger partial charge in [0.25, 0.3) is 0 Å². The number of hydrogen-bond donors (Lipinski definition) is 1. The lowest BCUT2D eigenvalue weighted by Crippen LogP contribution is -2.46. The molecule has 8 heteroatoms. The summed E-state index contributed by atoms with van der Waals surface area (Å²) in [6.07, 6.45) is 1.13. The number of sulfonamides is 1. The molecule has 1 unspecified atom stereocenters. The van der Waals surface area contributed by atoms with Crippen molar-refractivity contribution in [2.75, 3.05) is 20.2 Å². The molecule has 0 fully saturated rings. The van der Waals surface area contributed by atoms with Crippen molar-refractivity contribution < 1.29 is 17.9 Å². The highest BCUT2D eigenvalue weighted by molar-refractivity contribution is 7.89. The smallest absolute Gasteiger partial charge is 0.243 e. The van der Waals surface area contributed by atoms with Crippen LogP contribution in [0.3, 0.4) is 0 Å². The van der Waals surface area contributed by atoms with Crippen LogP contribution >= 0.6 is 0 Å². The van der Waals surface area contributed by atoms with Crippen LogP contribution in [0.15, 0.2) is 59.5 Å². The van der Waals surface area contributed by atoms with E-state index in [1.807, 2.05) is 44.2 Å². The molecule has 0 aliphatic carbocycles. The van der Waals surface area contributed by atoms with Crippen LogP contribution in [0.2, 0.25) is 0 Å².